The first-order chi connectivity index (χ1) is 8.69. The molecule has 0 atom stereocenters. The Kier molecular flexibility index (Phi) is 5.00. The lowest BCUT2D eigenvalue weighted by atomic mass is 9.85. The van der Waals surface area contributed by atoms with Crippen LogP contribution in [0.5, 0.6) is 0 Å². The van der Waals surface area contributed by atoms with Crippen molar-refractivity contribution in [2.45, 2.75) is 44.2 Å². The molecule has 2 aliphatic rings. The first-order valence-corrected chi connectivity index (χ1v) is 6.74. The SMILES string of the molecule is O=NC1CC(N(CC(F)F)CC2CCNCC2)C1. The molecule has 0 aromatic carbocycles. The summed E-state index contributed by atoms with van der Waals surface area (Å²) in [5.74, 6) is 0.508. The molecule has 0 unspecified atom stereocenters. The number of piperidine rings is 1. The van der Waals surface area contributed by atoms with Crippen molar-refractivity contribution in [3.8, 4) is 0 Å². The maximum Gasteiger partial charge on any atom is 0.251 e. The summed E-state index contributed by atoms with van der Waals surface area (Å²) in [6, 6.07) is -0.0141. The van der Waals surface area contributed by atoms with Crippen LogP contribution >= 0.6 is 0 Å². The van der Waals surface area contributed by atoms with E-state index in [-0.39, 0.29) is 18.6 Å². The third-order valence-corrected chi connectivity index (χ3v) is 4.08. The number of nitroso groups, excluding NO2 is 1. The minimum Gasteiger partial charge on any atom is -0.317 e. The van der Waals surface area contributed by atoms with Gasteiger partial charge in [-0.2, -0.15) is 4.91 Å². The molecule has 1 saturated carbocycles. The summed E-state index contributed by atoms with van der Waals surface area (Å²) in [5.41, 5.74) is 0. The Bertz CT molecular complexity index is 266. The lowest BCUT2D eigenvalue weighted by Crippen LogP contribution is -2.50. The fourth-order valence-electron chi connectivity index (χ4n) is 2.89. The van der Waals surface area contributed by atoms with Gasteiger partial charge in [-0.1, -0.05) is 5.18 Å². The van der Waals surface area contributed by atoms with E-state index in [4.69, 9.17) is 0 Å². The Hall–Kier alpha value is -0.620. The fourth-order valence-corrected chi connectivity index (χ4v) is 2.89. The quantitative estimate of drug-likeness (QED) is 0.742. The highest BCUT2D eigenvalue weighted by molar-refractivity contribution is 4.92. The lowest BCUT2D eigenvalue weighted by molar-refractivity contribution is 0.0228. The molecule has 1 aliphatic carbocycles. The zero-order chi connectivity index (χ0) is 13.0. The van der Waals surface area contributed by atoms with E-state index in [0.29, 0.717) is 18.8 Å². The highest BCUT2D eigenvalue weighted by Crippen LogP contribution is 2.30. The second-order valence-corrected chi connectivity index (χ2v) is 5.42. The summed E-state index contributed by atoms with van der Waals surface area (Å²) in [6.07, 6.45) is 1.13. The van der Waals surface area contributed by atoms with Crippen molar-refractivity contribution in [2.24, 2.45) is 11.1 Å². The average Bonchev–Trinajstić information content (AvgIpc) is 2.28. The van der Waals surface area contributed by atoms with Crippen LogP contribution < -0.4 is 5.32 Å². The lowest BCUT2D eigenvalue weighted by Gasteiger charge is -2.42. The molecule has 0 aromatic rings. The Morgan fingerprint density at radius 2 is 1.94 bits per heavy atom. The van der Waals surface area contributed by atoms with Crippen LogP contribution in [0.4, 0.5) is 8.78 Å². The summed E-state index contributed by atoms with van der Waals surface area (Å²) < 4.78 is 25.2. The van der Waals surface area contributed by atoms with Crippen LogP contribution in [0.1, 0.15) is 25.7 Å². The predicted octanol–water partition coefficient (Wildman–Crippen LogP) is 1.85. The smallest absolute Gasteiger partial charge is 0.251 e. The van der Waals surface area contributed by atoms with Gasteiger partial charge in [0.2, 0.25) is 0 Å². The van der Waals surface area contributed by atoms with E-state index in [1.54, 1.807) is 0 Å². The molecule has 6 heteroatoms. The summed E-state index contributed by atoms with van der Waals surface area (Å²) in [6.45, 7) is 2.54. The number of hydrogen-bond donors (Lipinski definition) is 1. The largest absolute Gasteiger partial charge is 0.317 e. The normalized spacial score (nSPS) is 29.6. The van der Waals surface area contributed by atoms with Gasteiger partial charge in [0.1, 0.15) is 0 Å². The van der Waals surface area contributed by atoms with Crippen LogP contribution in [0.2, 0.25) is 0 Å². The molecule has 0 radical (unpaired) electrons. The fraction of sp³-hybridized carbons (Fsp3) is 1.00. The van der Waals surface area contributed by atoms with Gasteiger partial charge in [-0.15, -0.1) is 0 Å². The van der Waals surface area contributed by atoms with Gasteiger partial charge in [0.15, 0.2) is 0 Å². The molecular formula is C12H21F2N3O. The Morgan fingerprint density at radius 1 is 1.28 bits per heavy atom. The van der Waals surface area contributed by atoms with Gasteiger partial charge in [-0.3, -0.25) is 4.90 Å². The molecule has 2 fully saturated rings. The summed E-state index contributed by atoms with van der Waals surface area (Å²) in [4.78, 5) is 12.2. The van der Waals surface area contributed by atoms with Crippen LogP contribution in [-0.2, 0) is 0 Å². The molecule has 1 heterocycles. The third kappa shape index (κ3) is 3.68. The molecule has 1 saturated heterocycles. The molecular weight excluding hydrogens is 240 g/mol. The molecule has 0 amide bonds. The van der Waals surface area contributed by atoms with Crippen LogP contribution in [-0.4, -0.2) is 49.6 Å². The highest BCUT2D eigenvalue weighted by atomic mass is 19.3. The number of alkyl halides is 2. The number of halogens is 2. The first kappa shape index (κ1) is 13.8. The van der Waals surface area contributed by atoms with Gasteiger partial charge in [-0.05, 0) is 44.7 Å². The van der Waals surface area contributed by atoms with E-state index in [9.17, 15) is 13.7 Å². The van der Waals surface area contributed by atoms with Crippen molar-refractivity contribution in [3.05, 3.63) is 4.91 Å². The van der Waals surface area contributed by atoms with Crippen LogP contribution in [0.15, 0.2) is 5.18 Å². The average molecular weight is 261 g/mol. The van der Waals surface area contributed by atoms with Gasteiger partial charge in [-0.25, -0.2) is 8.78 Å². The van der Waals surface area contributed by atoms with Gasteiger partial charge >= 0.3 is 0 Å². The molecule has 2 rings (SSSR count). The zero-order valence-electron chi connectivity index (χ0n) is 10.5. The van der Waals surface area contributed by atoms with E-state index in [0.717, 1.165) is 32.5 Å². The van der Waals surface area contributed by atoms with E-state index in [1.807, 2.05) is 4.90 Å². The zero-order valence-corrected chi connectivity index (χ0v) is 10.5. The van der Waals surface area contributed by atoms with Crippen LogP contribution in [0.3, 0.4) is 0 Å². The maximum atomic E-state index is 12.6. The first-order valence-electron chi connectivity index (χ1n) is 6.74. The Balaban J connectivity index is 1.82. The summed E-state index contributed by atoms with van der Waals surface area (Å²) in [5, 5.41) is 6.26. The van der Waals surface area contributed by atoms with E-state index < -0.39 is 6.43 Å². The summed E-state index contributed by atoms with van der Waals surface area (Å²) >= 11 is 0. The van der Waals surface area contributed by atoms with Gasteiger partial charge < -0.3 is 5.32 Å². The van der Waals surface area contributed by atoms with Gasteiger partial charge in [0.05, 0.1) is 12.6 Å². The molecule has 1 N–H and O–H groups in total. The third-order valence-electron chi connectivity index (χ3n) is 4.08. The van der Waals surface area contributed by atoms with Crippen molar-refractivity contribution >= 4 is 0 Å². The van der Waals surface area contributed by atoms with E-state index >= 15 is 0 Å². The molecule has 0 aromatic heterocycles. The highest BCUT2D eigenvalue weighted by Gasteiger charge is 2.36. The van der Waals surface area contributed by atoms with E-state index in [2.05, 4.69) is 10.5 Å². The van der Waals surface area contributed by atoms with Crippen LogP contribution in [0.25, 0.3) is 0 Å². The van der Waals surface area contributed by atoms with E-state index in [1.165, 1.54) is 0 Å². The second kappa shape index (κ2) is 6.52. The monoisotopic (exact) mass is 261 g/mol. The molecule has 0 bridgehead atoms. The predicted molar refractivity (Wildman–Crippen MR) is 65.8 cm³/mol. The minimum absolute atomic E-state index is 0.136. The second-order valence-electron chi connectivity index (χ2n) is 5.42. The minimum atomic E-state index is -2.30. The Morgan fingerprint density at radius 3 is 2.50 bits per heavy atom. The molecule has 4 nitrogen and oxygen atoms in total. The topological polar surface area (TPSA) is 44.7 Å². The van der Waals surface area contributed by atoms with Crippen LogP contribution in [0, 0.1) is 10.8 Å². The number of nitrogens with zero attached hydrogens (tertiary/aromatic N) is 2. The molecule has 104 valence electrons. The van der Waals surface area contributed by atoms with Crippen molar-refractivity contribution in [2.75, 3.05) is 26.2 Å². The maximum absolute atomic E-state index is 12.6. The van der Waals surface area contributed by atoms with Gasteiger partial charge in [0, 0.05) is 12.6 Å². The van der Waals surface area contributed by atoms with Crippen molar-refractivity contribution in [1.29, 1.82) is 0 Å². The van der Waals surface area contributed by atoms with Crippen molar-refractivity contribution < 1.29 is 8.78 Å². The summed E-state index contributed by atoms with van der Waals surface area (Å²) in [7, 11) is 0. The van der Waals surface area contributed by atoms with Crippen molar-refractivity contribution in [3.63, 3.8) is 0 Å². The number of hydrogen-bond acceptors (Lipinski definition) is 4. The number of rotatable bonds is 6. The standard InChI is InChI=1S/C12H21F2N3O/c13-12(14)8-17(11-5-10(6-11)16-18)7-9-1-3-15-4-2-9/h9-12,15H,1-8H2. The van der Waals surface area contributed by atoms with Crippen molar-refractivity contribution in [1.82, 2.24) is 10.2 Å². The number of nitrogens with one attached hydrogen (secondary N) is 1. The van der Waals surface area contributed by atoms with Gasteiger partial charge in [0.25, 0.3) is 6.43 Å². The Labute approximate surface area is 106 Å². The molecule has 18 heavy (non-hydrogen) atoms. The molecule has 1 aliphatic heterocycles. The molecule has 0 spiro atoms.